The van der Waals surface area contributed by atoms with E-state index in [-0.39, 0.29) is 58.0 Å². The van der Waals surface area contributed by atoms with E-state index >= 15 is 0 Å². The number of hydrogen-bond acceptors (Lipinski definition) is 12. The van der Waals surface area contributed by atoms with Gasteiger partial charge in [0.2, 0.25) is 11.6 Å². The van der Waals surface area contributed by atoms with Crippen LogP contribution in [0.2, 0.25) is 0 Å². The minimum atomic E-state index is -1.37. The SMILES string of the molecule is Cc1c(-c2ccc(OCC(=O)NCCCCNC(=O)COc3ccc(-c4c(C)c(C(=O)c5ccc6[nH]c(=O)n(CC(=O)O)c(=O)c6c5)n5ccccc45)cc3)cc2)c2ccccn2c1C(=O)c1ccc2[nH]c(=O)n(CC(=O)O)c(=O)c2c1. The van der Waals surface area contributed by atoms with Gasteiger partial charge >= 0.3 is 23.3 Å². The summed E-state index contributed by atoms with van der Waals surface area (Å²) in [6.45, 7) is 2.15. The van der Waals surface area contributed by atoms with Gasteiger partial charge in [-0.1, -0.05) is 36.4 Å². The number of carboxylic acid groups (broad SMARTS) is 2. The molecule has 82 heavy (non-hydrogen) atoms. The van der Waals surface area contributed by atoms with E-state index in [9.17, 15) is 58.2 Å². The molecule has 6 aromatic heterocycles. The molecule has 6 N–H and O–H groups in total. The van der Waals surface area contributed by atoms with Crippen LogP contribution in [-0.2, 0) is 32.3 Å². The number of rotatable bonds is 21. The first-order chi connectivity index (χ1) is 39.5. The number of carboxylic acids is 2. The molecular formula is C60H50N8O14. The number of fused-ring (bicyclic) bond motifs is 4. The Morgan fingerprint density at radius 1 is 0.512 bits per heavy atom. The summed E-state index contributed by atoms with van der Waals surface area (Å²) < 4.78 is 16.2. The van der Waals surface area contributed by atoms with E-state index in [0.717, 1.165) is 33.3 Å². The monoisotopic (exact) mass is 1110 g/mol. The van der Waals surface area contributed by atoms with Crippen LogP contribution >= 0.6 is 0 Å². The largest absolute Gasteiger partial charge is 0.484 e. The van der Waals surface area contributed by atoms with E-state index in [1.807, 2.05) is 62.4 Å². The second kappa shape index (κ2) is 22.8. The molecule has 0 aliphatic rings. The maximum Gasteiger partial charge on any atom is 0.329 e. The van der Waals surface area contributed by atoms with Gasteiger partial charge in [-0.15, -0.1) is 0 Å². The summed E-state index contributed by atoms with van der Waals surface area (Å²) in [6, 6.07) is 33.7. The molecule has 0 aliphatic carbocycles. The van der Waals surface area contributed by atoms with Gasteiger partial charge in [-0.2, -0.15) is 0 Å². The molecule has 0 radical (unpaired) electrons. The first kappa shape index (κ1) is 54.5. The fraction of sp³-hybridized carbons (Fsp3) is 0.167. The molecule has 0 spiro atoms. The zero-order valence-corrected chi connectivity index (χ0v) is 43.9. The zero-order valence-electron chi connectivity index (χ0n) is 43.9. The summed E-state index contributed by atoms with van der Waals surface area (Å²) in [4.78, 5) is 133. The Bertz CT molecular complexity index is 4220. The quantitative estimate of drug-likeness (QED) is 0.0396. The van der Waals surface area contributed by atoms with Crippen LogP contribution in [0.1, 0.15) is 56.1 Å². The number of pyridine rings is 2. The molecule has 10 rings (SSSR count). The second-order valence-electron chi connectivity index (χ2n) is 19.3. The fourth-order valence-corrected chi connectivity index (χ4v) is 10.1. The lowest BCUT2D eigenvalue weighted by Crippen LogP contribution is -2.37. The van der Waals surface area contributed by atoms with Crippen molar-refractivity contribution in [2.45, 2.75) is 39.8 Å². The summed E-state index contributed by atoms with van der Waals surface area (Å²) in [5, 5.41) is 24.1. The van der Waals surface area contributed by atoms with Gasteiger partial charge in [0.05, 0.1) is 44.2 Å². The molecule has 22 heteroatoms. The number of aromatic nitrogens is 6. The first-order valence-corrected chi connectivity index (χ1v) is 25.7. The van der Waals surface area contributed by atoms with E-state index in [0.29, 0.717) is 69.1 Å². The number of aliphatic carboxylic acids is 2. The molecule has 4 aromatic carbocycles. The number of unbranched alkanes of at least 4 members (excludes halogenated alkanes) is 1. The van der Waals surface area contributed by atoms with E-state index < -0.39 is 59.1 Å². The highest BCUT2D eigenvalue weighted by Gasteiger charge is 2.26. The van der Waals surface area contributed by atoms with Crippen molar-refractivity contribution in [3.8, 4) is 33.8 Å². The number of carbonyl (C=O) groups excluding carboxylic acids is 4. The van der Waals surface area contributed by atoms with Crippen LogP contribution in [0.3, 0.4) is 0 Å². The van der Waals surface area contributed by atoms with Crippen molar-refractivity contribution in [2.75, 3.05) is 26.3 Å². The van der Waals surface area contributed by atoms with Crippen LogP contribution < -0.4 is 42.6 Å². The van der Waals surface area contributed by atoms with Crippen LogP contribution in [0.15, 0.2) is 153 Å². The van der Waals surface area contributed by atoms with Crippen LogP contribution in [0.25, 0.3) is 55.1 Å². The van der Waals surface area contributed by atoms with Crippen molar-refractivity contribution in [3.05, 3.63) is 209 Å². The van der Waals surface area contributed by atoms with Crippen LogP contribution in [0.5, 0.6) is 11.5 Å². The average molecular weight is 1110 g/mol. The molecule has 0 bridgehead atoms. The molecule has 0 saturated heterocycles. The van der Waals surface area contributed by atoms with Crippen LogP contribution in [0, 0.1) is 13.8 Å². The van der Waals surface area contributed by atoms with Crippen molar-refractivity contribution in [1.82, 2.24) is 38.5 Å². The van der Waals surface area contributed by atoms with E-state index in [1.165, 1.54) is 36.4 Å². The molecular weight excluding hydrogens is 1060 g/mol. The third kappa shape index (κ3) is 10.8. The number of nitrogens with zero attached hydrogens (tertiary/aromatic N) is 4. The van der Waals surface area contributed by atoms with Gasteiger partial charge in [-0.3, -0.25) is 38.4 Å². The Kier molecular flexibility index (Phi) is 15.2. The number of hydrogen-bond donors (Lipinski definition) is 6. The molecule has 2 amide bonds. The van der Waals surface area contributed by atoms with E-state index in [2.05, 4.69) is 20.6 Å². The van der Waals surface area contributed by atoms with Gasteiger partial charge < -0.3 is 49.1 Å². The van der Waals surface area contributed by atoms with Crippen molar-refractivity contribution < 1.29 is 48.5 Å². The van der Waals surface area contributed by atoms with Crippen LogP contribution in [-0.4, -0.2) is 99.7 Å². The van der Waals surface area contributed by atoms with Crippen molar-refractivity contribution in [1.29, 1.82) is 0 Å². The molecule has 414 valence electrons. The lowest BCUT2D eigenvalue weighted by Gasteiger charge is -2.10. The summed E-state index contributed by atoms with van der Waals surface area (Å²) in [6.07, 6.45) is 4.66. The van der Waals surface area contributed by atoms with Crippen molar-refractivity contribution in [3.63, 3.8) is 0 Å². The van der Waals surface area contributed by atoms with E-state index in [1.54, 1.807) is 57.6 Å². The topological polar surface area (TPSA) is 304 Å². The number of aromatic amines is 2. The maximum atomic E-state index is 14.2. The maximum absolute atomic E-state index is 14.2. The Balaban J connectivity index is 0.686. The lowest BCUT2D eigenvalue weighted by molar-refractivity contribution is -0.138. The number of ether oxygens (including phenoxy) is 2. The van der Waals surface area contributed by atoms with Crippen molar-refractivity contribution in [2.24, 2.45) is 0 Å². The molecule has 0 saturated carbocycles. The summed E-state index contributed by atoms with van der Waals surface area (Å²) in [5.41, 5.74) is 3.75. The minimum Gasteiger partial charge on any atom is -0.484 e. The summed E-state index contributed by atoms with van der Waals surface area (Å²) >= 11 is 0. The number of carbonyl (C=O) groups is 6. The van der Waals surface area contributed by atoms with E-state index in [4.69, 9.17) is 9.47 Å². The number of amides is 2. The minimum absolute atomic E-state index is 0.0122. The molecule has 0 aliphatic heterocycles. The van der Waals surface area contributed by atoms with Gasteiger partial charge in [0.1, 0.15) is 24.6 Å². The molecule has 0 unspecified atom stereocenters. The highest BCUT2D eigenvalue weighted by atomic mass is 16.5. The number of H-pyrrole nitrogens is 2. The first-order valence-electron chi connectivity index (χ1n) is 25.7. The third-order valence-electron chi connectivity index (χ3n) is 14.0. The van der Waals surface area contributed by atoms with Crippen LogP contribution in [0.4, 0.5) is 0 Å². The van der Waals surface area contributed by atoms with Gasteiger partial charge in [-0.05, 0) is 134 Å². The predicted molar refractivity (Wildman–Crippen MR) is 301 cm³/mol. The second-order valence-corrected chi connectivity index (χ2v) is 19.3. The smallest absolute Gasteiger partial charge is 0.329 e. The Hall–Kier alpha value is -10.9. The molecule has 6 heterocycles. The van der Waals surface area contributed by atoms with Gasteiger partial charge in [0.15, 0.2) is 13.2 Å². The zero-order chi connectivity index (χ0) is 57.9. The average Bonchev–Trinajstić information content (AvgIpc) is 3.82. The molecule has 10 aromatic rings. The highest BCUT2D eigenvalue weighted by Crippen LogP contribution is 2.37. The summed E-state index contributed by atoms with van der Waals surface area (Å²) in [7, 11) is 0. The Labute approximate surface area is 462 Å². The molecule has 22 nitrogen and oxygen atoms in total. The standard InChI is InChI=1S/C60H50N8O14/c1-33-51(45-9-3-7-25-65(45)53(33)55(75)37-15-21-43-41(27-37)57(77)67(29-49(71)72)59(79)63-43)35-11-17-39(18-12-35)81-31-47(69)61-23-5-6-24-62-48(70)32-82-40-19-13-36(14-20-40)52-34(2)54(66-26-8-4-10-46(52)66)56(76)38-16-22-44-42(28-38)58(78)68(30-50(73)74)60(80)64-44/h3-4,7-22,25-28H,5-6,23-24,29-32H2,1-2H3,(H,61,69)(H,62,70)(H,63,79)(H,64,80)(H,71,72)(H,73,74). The number of benzene rings is 4. The van der Waals surface area contributed by atoms with Gasteiger partial charge in [0, 0.05) is 47.7 Å². The predicted octanol–water partition coefficient (Wildman–Crippen LogP) is 5.25. The molecule has 0 atom stereocenters. The summed E-state index contributed by atoms with van der Waals surface area (Å²) in [5.74, 6) is -3.34. The highest BCUT2D eigenvalue weighted by molar-refractivity contribution is 6.14. The number of ketones is 2. The third-order valence-corrected chi connectivity index (χ3v) is 14.0. The Morgan fingerprint density at radius 2 is 0.902 bits per heavy atom. The fourth-order valence-electron chi connectivity index (χ4n) is 10.1. The van der Waals surface area contributed by atoms with Gasteiger partial charge in [0.25, 0.3) is 22.9 Å². The lowest BCUT2D eigenvalue weighted by atomic mass is 9.98. The number of nitrogens with one attached hydrogen (secondary N) is 4. The normalized spacial score (nSPS) is 11.3. The molecule has 0 fully saturated rings. The van der Waals surface area contributed by atoms with Gasteiger partial charge in [-0.25, -0.2) is 18.7 Å². The van der Waals surface area contributed by atoms with Crippen molar-refractivity contribution >= 4 is 68.2 Å². The Morgan fingerprint density at radius 3 is 1.28 bits per heavy atom.